The zero-order valence-electron chi connectivity index (χ0n) is 11.7. The maximum Gasteiger partial charge on any atom is 0.0110 e. The lowest BCUT2D eigenvalue weighted by molar-refractivity contribution is 0.153. The summed E-state index contributed by atoms with van der Waals surface area (Å²) in [5, 5.41) is 6.89. The van der Waals surface area contributed by atoms with E-state index >= 15 is 0 Å². The second kappa shape index (κ2) is 9.83. The van der Waals surface area contributed by atoms with E-state index in [0.29, 0.717) is 0 Å². The molecule has 1 aliphatic heterocycles. The summed E-state index contributed by atoms with van der Waals surface area (Å²) in [6.07, 6.45) is 2.50. The average molecular weight is 242 g/mol. The van der Waals surface area contributed by atoms with Gasteiger partial charge in [-0.3, -0.25) is 0 Å². The Balaban J connectivity index is 1.81. The molecular formula is C13H30N4. The first kappa shape index (κ1) is 14.9. The van der Waals surface area contributed by atoms with Gasteiger partial charge in [0, 0.05) is 39.3 Å². The van der Waals surface area contributed by atoms with Gasteiger partial charge in [0.1, 0.15) is 0 Å². The summed E-state index contributed by atoms with van der Waals surface area (Å²) in [7, 11) is 2.21. The molecule has 1 rings (SSSR count). The van der Waals surface area contributed by atoms with Gasteiger partial charge in [-0.1, -0.05) is 6.92 Å². The van der Waals surface area contributed by atoms with Crippen LogP contribution in [0.2, 0.25) is 0 Å². The molecule has 17 heavy (non-hydrogen) atoms. The zero-order chi connectivity index (χ0) is 12.3. The van der Waals surface area contributed by atoms with Crippen molar-refractivity contribution in [2.75, 3.05) is 66.0 Å². The van der Waals surface area contributed by atoms with E-state index < -0.39 is 0 Å². The highest BCUT2D eigenvalue weighted by atomic mass is 15.2. The van der Waals surface area contributed by atoms with E-state index in [2.05, 4.69) is 34.4 Å². The summed E-state index contributed by atoms with van der Waals surface area (Å²) >= 11 is 0. The van der Waals surface area contributed by atoms with Crippen molar-refractivity contribution >= 4 is 0 Å². The quantitative estimate of drug-likeness (QED) is 0.566. The molecule has 102 valence electrons. The van der Waals surface area contributed by atoms with Crippen LogP contribution in [0.4, 0.5) is 0 Å². The van der Waals surface area contributed by atoms with Gasteiger partial charge in [0.15, 0.2) is 0 Å². The van der Waals surface area contributed by atoms with Gasteiger partial charge in [-0.2, -0.15) is 0 Å². The molecule has 1 aliphatic rings. The van der Waals surface area contributed by atoms with Gasteiger partial charge in [-0.05, 0) is 39.5 Å². The first-order valence-electron chi connectivity index (χ1n) is 7.15. The van der Waals surface area contributed by atoms with Crippen LogP contribution in [-0.4, -0.2) is 75.8 Å². The first-order chi connectivity index (χ1) is 8.33. The molecule has 0 aromatic carbocycles. The molecule has 1 saturated heterocycles. The van der Waals surface area contributed by atoms with E-state index in [1.807, 2.05) is 0 Å². The number of nitrogens with one attached hydrogen (secondary N) is 2. The van der Waals surface area contributed by atoms with Crippen LogP contribution in [0.25, 0.3) is 0 Å². The fourth-order valence-electron chi connectivity index (χ4n) is 2.10. The van der Waals surface area contributed by atoms with E-state index in [4.69, 9.17) is 0 Å². The van der Waals surface area contributed by atoms with Gasteiger partial charge >= 0.3 is 0 Å². The largest absolute Gasteiger partial charge is 0.315 e. The second-order valence-corrected chi connectivity index (χ2v) is 5.00. The molecule has 0 saturated carbocycles. The third-order valence-corrected chi connectivity index (χ3v) is 3.33. The van der Waals surface area contributed by atoms with Crippen molar-refractivity contribution in [2.45, 2.75) is 19.8 Å². The highest BCUT2D eigenvalue weighted by Gasteiger charge is 2.12. The lowest BCUT2D eigenvalue weighted by Gasteiger charge is -2.32. The van der Waals surface area contributed by atoms with Gasteiger partial charge in [-0.25, -0.2) is 0 Å². The summed E-state index contributed by atoms with van der Waals surface area (Å²) < 4.78 is 0. The van der Waals surface area contributed by atoms with Gasteiger partial charge in [0.25, 0.3) is 0 Å². The van der Waals surface area contributed by atoms with Crippen molar-refractivity contribution in [3.8, 4) is 0 Å². The molecule has 0 atom stereocenters. The van der Waals surface area contributed by atoms with Crippen LogP contribution < -0.4 is 10.6 Å². The van der Waals surface area contributed by atoms with Gasteiger partial charge < -0.3 is 20.4 Å². The molecule has 0 aromatic rings. The fraction of sp³-hybridized carbons (Fsp3) is 1.00. The molecule has 0 amide bonds. The van der Waals surface area contributed by atoms with Crippen LogP contribution in [0, 0.1) is 0 Å². The van der Waals surface area contributed by atoms with Gasteiger partial charge in [-0.15, -0.1) is 0 Å². The van der Waals surface area contributed by atoms with Gasteiger partial charge in [0.2, 0.25) is 0 Å². The Morgan fingerprint density at radius 2 is 1.53 bits per heavy atom. The monoisotopic (exact) mass is 242 g/mol. The number of hydrogen-bond acceptors (Lipinski definition) is 4. The summed E-state index contributed by atoms with van der Waals surface area (Å²) in [6.45, 7) is 12.9. The normalized spacial score (nSPS) is 18.7. The maximum atomic E-state index is 3.49. The smallest absolute Gasteiger partial charge is 0.0110 e. The maximum absolute atomic E-state index is 3.49. The summed E-state index contributed by atoms with van der Waals surface area (Å²) in [4.78, 5) is 4.99. The lowest BCUT2D eigenvalue weighted by atomic mass is 10.3. The van der Waals surface area contributed by atoms with Crippen LogP contribution in [0.1, 0.15) is 19.8 Å². The standard InChI is InChI=1S/C13H30N4/c1-3-5-14-7-8-15-6-4-9-17-12-10-16(2)11-13-17/h14-15H,3-13H2,1-2H3. The Morgan fingerprint density at radius 1 is 0.882 bits per heavy atom. The van der Waals surface area contributed by atoms with Crippen LogP contribution in [0.5, 0.6) is 0 Å². The summed E-state index contributed by atoms with van der Waals surface area (Å²) in [5.41, 5.74) is 0. The Hall–Kier alpha value is -0.160. The molecule has 0 bridgehead atoms. The van der Waals surface area contributed by atoms with Crippen molar-refractivity contribution in [2.24, 2.45) is 0 Å². The van der Waals surface area contributed by atoms with Crippen molar-refractivity contribution in [1.82, 2.24) is 20.4 Å². The molecule has 0 aromatic heterocycles. The van der Waals surface area contributed by atoms with E-state index in [1.54, 1.807) is 0 Å². The predicted molar refractivity (Wildman–Crippen MR) is 74.6 cm³/mol. The predicted octanol–water partition coefficient (Wildman–Crippen LogP) is 0.213. The molecule has 4 heteroatoms. The van der Waals surface area contributed by atoms with Gasteiger partial charge in [0.05, 0.1) is 0 Å². The number of nitrogens with zero attached hydrogens (tertiary/aromatic N) is 2. The number of piperazine rings is 1. The van der Waals surface area contributed by atoms with Crippen LogP contribution in [0.15, 0.2) is 0 Å². The molecular weight excluding hydrogens is 212 g/mol. The highest BCUT2D eigenvalue weighted by molar-refractivity contribution is 4.69. The molecule has 4 nitrogen and oxygen atoms in total. The minimum atomic E-state index is 1.10. The third-order valence-electron chi connectivity index (χ3n) is 3.33. The van der Waals surface area contributed by atoms with E-state index in [0.717, 1.165) is 26.2 Å². The molecule has 0 radical (unpaired) electrons. The van der Waals surface area contributed by atoms with Crippen LogP contribution in [0.3, 0.4) is 0 Å². The molecule has 1 fully saturated rings. The fourth-order valence-corrected chi connectivity index (χ4v) is 2.10. The van der Waals surface area contributed by atoms with Crippen molar-refractivity contribution in [3.05, 3.63) is 0 Å². The van der Waals surface area contributed by atoms with Crippen molar-refractivity contribution < 1.29 is 0 Å². The highest BCUT2D eigenvalue weighted by Crippen LogP contribution is 1.99. The molecule has 0 unspecified atom stereocenters. The minimum absolute atomic E-state index is 1.10. The van der Waals surface area contributed by atoms with Crippen LogP contribution in [-0.2, 0) is 0 Å². The summed E-state index contributed by atoms with van der Waals surface area (Å²) in [5.74, 6) is 0. The SMILES string of the molecule is CCCNCCNCCCN1CCN(C)CC1. The number of rotatable bonds is 9. The molecule has 0 spiro atoms. The number of hydrogen-bond donors (Lipinski definition) is 2. The summed E-state index contributed by atoms with van der Waals surface area (Å²) in [6, 6.07) is 0. The lowest BCUT2D eigenvalue weighted by Crippen LogP contribution is -2.45. The second-order valence-electron chi connectivity index (χ2n) is 5.00. The minimum Gasteiger partial charge on any atom is -0.315 e. The molecule has 0 aliphatic carbocycles. The Morgan fingerprint density at radius 3 is 2.18 bits per heavy atom. The van der Waals surface area contributed by atoms with Crippen LogP contribution >= 0.6 is 0 Å². The Bertz CT molecular complexity index is 167. The van der Waals surface area contributed by atoms with E-state index in [-0.39, 0.29) is 0 Å². The Kier molecular flexibility index (Phi) is 8.61. The third kappa shape index (κ3) is 7.71. The van der Waals surface area contributed by atoms with E-state index in [1.165, 1.54) is 45.6 Å². The average Bonchev–Trinajstić information content (AvgIpc) is 2.35. The first-order valence-corrected chi connectivity index (χ1v) is 7.15. The Labute approximate surface area is 107 Å². The topological polar surface area (TPSA) is 30.5 Å². The molecule has 1 heterocycles. The van der Waals surface area contributed by atoms with Crippen molar-refractivity contribution in [1.29, 1.82) is 0 Å². The molecule has 2 N–H and O–H groups in total. The van der Waals surface area contributed by atoms with Crippen molar-refractivity contribution in [3.63, 3.8) is 0 Å². The zero-order valence-corrected chi connectivity index (χ0v) is 11.7. The van der Waals surface area contributed by atoms with E-state index in [9.17, 15) is 0 Å². The number of likely N-dealkylation sites (N-methyl/N-ethyl adjacent to an activating group) is 1.